The quantitative estimate of drug-likeness (QED) is 0.912. The Kier molecular flexibility index (Phi) is 3.82. The van der Waals surface area contributed by atoms with Crippen LogP contribution in [-0.4, -0.2) is 22.0 Å². The maximum absolute atomic E-state index is 11.8. The van der Waals surface area contributed by atoms with E-state index >= 15 is 0 Å². The lowest BCUT2D eigenvalue weighted by Crippen LogP contribution is -2.12. The number of hydrogen-bond donors (Lipinski definition) is 2. The molecule has 0 aliphatic heterocycles. The predicted octanol–water partition coefficient (Wildman–Crippen LogP) is 3.06. The fourth-order valence-corrected chi connectivity index (χ4v) is 2.28. The van der Waals surface area contributed by atoms with Gasteiger partial charge in [-0.15, -0.1) is 11.3 Å². The lowest BCUT2D eigenvalue weighted by atomic mass is 10.2. The van der Waals surface area contributed by atoms with Gasteiger partial charge in [0.2, 0.25) is 0 Å². The lowest BCUT2D eigenvalue weighted by molar-refractivity contribution is 0.0697. The molecule has 0 aliphatic rings. The molecule has 0 saturated heterocycles. The summed E-state index contributed by atoms with van der Waals surface area (Å²) in [7, 11) is 0. The van der Waals surface area contributed by atoms with Gasteiger partial charge in [-0.25, -0.2) is 9.78 Å². The lowest BCUT2D eigenvalue weighted by Gasteiger charge is -2.05. The van der Waals surface area contributed by atoms with Gasteiger partial charge in [-0.05, 0) is 25.1 Å². The molecule has 1 amide bonds. The van der Waals surface area contributed by atoms with Gasteiger partial charge < -0.3 is 10.4 Å². The number of carboxylic acids is 1. The fraction of sp³-hybridized carbons (Fsp3) is 0.0833. The van der Waals surface area contributed by atoms with Crippen LogP contribution in [0.25, 0.3) is 0 Å². The van der Waals surface area contributed by atoms with Crippen LogP contribution in [0.1, 0.15) is 25.9 Å². The first-order valence-electron chi connectivity index (χ1n) is 5.23. The molecule has 19 heavy (non-hydrogen) atoms. The van der Waals surface area contributed by atoms with Crippen LogP contribution in [0.4, 0.5) is 5.69 Å². The van der Waals surface area contributed by atoms with Crippen molar-refractivity contribution in [2.24, 2.45) is 0 Å². The van der Waals surface area contributed by atoms with Gasteiger partial charge in [0, 0.05) is 11.1 Å². The first-order chi connectivity index (χ1) is 8.97. The number of aryl methyl sites for hydroxylation is 1. The molecule has 0 fully saturated rings. The van der Waals surface area contributed by atoms with Crippen molar-refractivity contribution >= 4 is 40.5 Å². The fourth-order valence-electron chi connectivity index (χ4n) is 1.43. The first-order valence-corrected chi connectivity index (χ1v) is 6.49. The second-order valence-corrected chi connectivity index (χ2v) is 5.18. The molecule has 1 heterocycles. The zero-order valence-electron chi connectivity index (χ0n) is 9.81. The van der Waals surface area contributed by atoms with E-state index in [0.29, 0.717) is 11.4 Å². The number of carbonyl (C=O) groups is 2. The Morgan fingerprint density at radius 2 is 2.16 bits per heavy atom. The number of hydrogen-bond acceptors (Lipinski definition) is 4. The number of amides is 1. The molecule has 1 aromatic carbocycles. The standard InChI is InChI=1S/C12H9ClN2O3S/c1-6-14-10(5-19-6)11(16)15-7-2-3-8(12(17)18)9(13)4-7/h2-5H,1H3,(H,15,16)(H,17,18). The maximum Gasteiger partial charge on any atom is 0.337 e. The highest BCUT2D eigenvalue weighted by Crippen LogP contribution is 2.21. The van der Waals surface area contributed by atoms with Crippen molar-refractivity contribution in [3.05, 3.63) is 44.9 Å². The average molecular weight is 297 g/mol. The molecule has 0 spiro atoms. The highest BCUT2D eigenvalue weighted by atomic mass is 35.5. The van der Waals surface area contributed by atoms with Crippen LogP contribution in [0.15, 0.2) is 23.6 Å². The second kappa shape index (κ2) is 5.38. The third-order valence-corrected chi connectivity index (χ3v) is 3.40. The molecule has 0 saturated carbocycles. The predicted molar refractivity (Wildman–Crippen MR) is 73.2 cm³/mol. The van der Waals surface area contributed by atoms with Crippen molar-refractivity contribution in [3.63, 3.8) is 0 Å². The summed E-state index contributed by atoms with van der Waals surface area (Å²) >= 11 is 7.19. The van der Waals surface area contributed by atoms with E-state index in [-0.39, 0.29) is 16.5 Å². The number of nitrogens with one attached hydrogen (secondary N) is 1. The van der Waals surface area contributed by atoms with Crippen LogP contribution in [-0.2, 0) is 0 Å². The van der Waals surface area contributed by atoms with E-state index in [9.17, 15) is 9.59 Å². The average Bonchev–Trinajstić information content (AvgIpc) is 2.75. The van der Waals surface area contributed by atoms with E-state index in [1.807, 2.05) is 0 Å². The topological polar surface area (TPSA) is 79.3 Å². The molecule has 2 N–H and O–H groups in total. The molecule has 0 aliphatic carbocycles. The molecular formula is C12H9ClN2O3S. The van der Waals surface area contributed by atoms with Crippen LogP contribution in [0, 0.1) is 6.92 Å². The number of anilines is 1. The van der Waals surface area contributed by atoms with Crippen LogP contribution in [0.2, 0.25) is 5.02 Å². The molecule has 7 heteroatoms. The van der Waals surface area contributed by atoms with Crippen molar-refractivity contribution < 1.29 is 14.7 Å². The Morgan fingerprint density at radius 3 is 2.68 bits per heavy atom. The number of aromatic carboxylic acids is 1. The third kappa shape index (κ3) is 3.10. The van der Waals surface area contributed by atoms with E-state index in [1.165, 1.54) is 29.5 Å². The number of aromatic nitrogens is 1. The molecule has 0 atom stereocenters. The Hall–Kier alpha value is -1.92. The molecule has 98 valence electrons. The molecule has 0 radical (unpaired) electrons. The van der Waals surface area contributed by atoms with Gasteiger partial charge in [-0.3, -0.25) is 4.79 Å². The van der Waals surface area contributed by atoms with Crippen molar-refractivity contribution in [2.45, 2.75) is 6.92 Å². The monoisotopic (exact) mass is 296 g/mol. The molecule has 2 aromatic rings. The number of halogens is 1. The van der Waals surface area contributed by atoms with Crippen LogP contribution in [0.3, 0.4) is 0 Å². The summed E-state index contributed by atoms with van der Waals surface area (Å²) in [5, 5.41) is 14.0. The third-order valence-electron chi connectivity index (χ3n) is 2.31. The van der Waals surface area contributed by atoms with Crippen molar-refractivity contribution in [3.8, 4) is 0 Å². The zero-order valence-corrected chi connectivity index (χ0v) is 11.4. The normalized spacial score (nSPS) is 10.2. The molecule has 1 aromatic heterocycles. The number of carbonyl (C=O) groups excluding carboxylic acids is 1. The van der Waals surface area contributed by atoms with Crippen LogP contribution in [0.5, 0.6) is 0 Å². The Labute approximate surface area is 117 Å². The Bertz CT molecular complexity index is 654. The number of benzene rings is 1. The highest BCUT2D eigenvalue weighted by molar-refractivity contribution is 7.09. The SMILES string of the molecule is Cc1nc(C(=O)Nc2ccc(C(=O)O)c(Cl)c2)cs1. The summed E-state index contributed by atoms with van der Waals surface area (Å²) in [4.78, 5) is 26.7. The van der Waals surface area contributed by atoms with E-state index in [4.69, 9.17) is 16.7 Å². The van der Waals surface area contributed by atoms with Gasteiger partial charge in [-0.2, -0.15) is 0 Å². The minimum absolute atomic E-state index is 0.0100. The summed E-state index contributed by atoms with van der Waals surface area (Å²) in [6.45, 7) is 1.81. The zero-order chi connectivity index (χ0) is 14.0. The largest absolute Gasteiger partial charge is 0.478 e. The van der Waals surface area contributed by atoms with E-state index in [0.717, 1.165) is 5.01 Å². The molecule has 0 unspecified atom stereocenters. The van der Waals surface area contributed by atoms with E-state index in [1.54, 1.807) is 12.3 Å². The van der Waals surface area contributed by atoms with Crippen molar-refractivity contribution in [1.82, 2.24) is 4.98 Å². The Morgan fingerprint density at radius 1 is 1.42 bits per heavy atom. The Balaban J connectivity index is 2.18. The van der Waals surface area contributed by atoms with Gasteiger partial charge in [-0.1, -0.05) is 11.6 Å². The number of nitrogens with zero attached hydrogens (tertiary/aromatic N) is 1. The van der Waals surface area contributed by atoms with Gasteiger partial charge in [0.15, 0.2) is 0 Å². The number of carboxylic acid groups (broad SMARTS) is 1. The van der Waals surface area contributed by atoms with Gasteiger partial charge in [0.25, 0.3) is 5.91 Å². The minimum atomic E-state index is -1.11. The van der Waals surface area contributed by atoms with Gasteiger partial charge >= 0.3 is 5.97 Å². The van der Waals surface area contributed by atoms with Crippen LogP contribution < -0.4 is 5.32 Å². The summed E-state index contributed by atoms with van der Waals surface area (Å²) in [5.74, 6) is -1.47. The van der Waals surface area contributed by atoms with E-state index < -0.39 is 5.97 Å². The van der Waals surface area contributed by atoms with Crippen molar-refractivity contribution in [2.75, 3.05) is 5.32 Å². The summed E-state index contributed by atoms with van der Waals surface area (Å²) in [6.07, 6.45) is 0. The summed E-state index contributed by atoms with van der Waals surface area (Å²) in [5.41, 5.74) is 0.732. The molecule has 5 nitrogen and oxygen atoms in total. The van der Waals surface area contributed by atoms with Crippen LogP contribution >= 0.6 is 22.9 Å². The van der Waals surface area contributed by atoms with E-state index in [2.05, 4.69) is 10.3 Å². The summed E-state index contributed by atoms with van der Waals surface area (Å²) < 4.78 is 0. The number of thiazole rings is 1. The maximum atomic E-state index is 11.8. The summed E-state index contributed by atoms with van der Waals surface area (Å²) in [6, 6.07) is 4.21. The van der Waals surface area contributed by atoms with Gasteiger partial charge in [0.1, 0.15) is 5.69 Å². The van der Waals surface area contributed by atoms with Crippen molar-refractivity contribution in [1.29, 1.82) is 0 Å². The highest BCUT2D eigenvalue weighted by Gasteiger charge is 2.12. The molecule has 2 rings (SSSR count). The first kappa shape index (κ1) is 13.5. The molecular weight excluding hydrogens is 288 g/mol. The van der Waals surface area contributed by atoms with Gasteiger partial charge in [0.05, 0.1) is 15.6 Å². The molecule has 0 bridgehead atoms. The number of rotatable bonds is 3. The smallest absolute Gasteiger partial charge is 0.337 e. The second-order valence-electron chi connectivity index (χ2n) is 3.71. The minimum Gasteiger partial charge on any atom is -0.478 e.